The van der Waals surface area contributed by atoms with Crippen LogP contribution in [0.15, 0.2) is 18.3 Å². The fourth-order valence-corrected chi connectivity index (χ4v) is 1.81. The third kappa shape index (κ3) is 4.02. The first-order chi connectivity index (χ1) is 8.58. The maximum Gasteiger partial charge on any atom is 0.253 e. The van der Waals surface area contributed by atoms with Crippen molar-refractivity contribution in [1.29, 1.82) is 0 Å². The first kappa shape index (κ1) is 14.5. The Bertz CT molecular complexity index is 373. The average molecular weight is 249 g/mol. The molecule has 0 radical (unpaired) electrons. The zero-order valence-corrected chi connectivity index (χ0v) is 11.7. The molecule has 1 amide bonds. The molecular weight excluding hydrogens is 226 g/mol. The number of hydrogen-bond acceptors (Lipinski definition) is 3. The molecule has 1 rings (SSSR count). The lowest BCUT2D eigenvalue weighted by Gasteiger charge is -2.20. The van der Waals surface area contributed by atoms with Gasteiger partial charge in [-0.15, -0.1) is 0 Å². The second-order valence-corrected chi connectivity index (χ2v) is 4.69. The molecule has 0 aromatic carbocycles. The van der Waals surface area contributed by atoms with Gasteiger partial charge < -0.3 is 10.6 Å². The zero-order chi connectivity index (χ0) is 13.5. The predicted octanol–water partition coefficient (Wildman–Crippen LogP) is 2.68. The molecule has 1 unspecified atom stereocenters. The smallest absolute Gasteiger partial charge is 0.253 e. The first-order valence-electron chi connectivity index (χ1n) is 6.59. The Labute approximate surface area is 109 Å². The highest BCUT2D eigenvalue weighted by molar-refractivity contribution is 5.94. The maximum atomic E-state index is 12.0. The fraction of sp³-hybridized carbons (Fsp3) is 0.571. The van der Waals surface area contributed by atoms with E-state index in [1.807, 2.05) is 13.0 Å². The minimum atomic E-state index is -0.0499. The highest BCUT2D eigenvalue weighted by Crippen LogP contribution is 2.09. The molecule has 1 atom stereocenters. The fourth-order valence-electron chi connectivity index (χ4n) is 1.81. The Kier molecular flexibility index (Phi) is 5.62. The Morgan fingerprint density at radius 3 is 2.50 bits per heavy atom. The Hall–Kier alpha value is -1.58. The molecule has 0 aliphatic heterocycles. The number of pyridine rings is 1. The van der Waals surface area contributed by atoms with Crippen molar-refractivity contribution in [3.05, 3.63) is 23.9 Å². The van der Waals surface area contributed by atoms with Gasteiger partial charge in [0.25, 0.3) is 5.91 Å². The van der Waals surface area contributed by atoms with Crippen LogP contribution < -0.4 is 10.6 Å². The van der Waals surface area contributed by atoms with E-state index >= 15 is 0 Å². The molecule has 18 heavy (non-hydrogen) atoms. The number of nitrogens with zero attached hydrogens (tertiary/aromatic N) is 1. The number of carbonyl (C=O) groups excluding carboxylic acids is 1. The molecule has 1 aromatic rings. The van der Waals surface area contributed by atoms with Crippen LogP contribution in [0.5, 0.6) is 0 Å². The summed E-state index contributed by atoms with van der Waals surface area (Å²) < 4.78 is 0. The van der Waals surface area contributed by atoms with Crippen LogP contribution in [-0.2, 0) is 0 Å². The normalized spacial score (nSPS) is 12.3. The summed E-state index contributed by atoms with van der Waals surface area (Å²) in [7, 11) is 0. The summed E-state index contributed by atoms with van der Waals surface area (Å²) in [5.74, 6) is 1.18. The van der Waals surface area contributed by atoms with E-state index in [9.17, 15) is 4.79 Å². The molecule has 0 aliphatic carbocycles. The lowest BCUT2D eigenvalue weighted by molar-refractivity contribution is 0.0924. The minimum absolute atomic E-state index is 0.0499. The lowest BCUT2D eigenvalue weighted by atomic mass is 10.0. The molecule has 4 nitrogen and oxygen atoms in total. The number of nitrogens with one attached hydrogen (secondary N) is 2. The van der Waals surface area contributed by atoms with Gasteiger partial charge in [-0.25, -0.2) is 4.98 Å². The van der Waals surface area contributed by atoms with Gasteiger partial charge in [0.2, 0.25) is 0 Å². The van der Waals surface area contributed by atoms with Crippen molar-refractivity contribution >= 4 is 11.7 Å². The van der Waals surface area contributed by atoms with E-state index in [1.165, 1.54) is 0 Å². The third-order valence-corrected chi connectivity index (χ3v) is 2.94. The van der Waals surface area contributed by atoms with Crippen molar-refractivity contribution in [3.63, 3.8) is 0 Å². The molecule has 0 fully saturated rings. The van der Waals surface area contributed by atoms with E-state index in [2.05, 4.69) is 36.4 Å². The topological polar surface area (TPSA) is 54.0 Å². The van der Waals surface area contributed by atoms with E-state index in [1.54, 1.807) is 12.3 Å². The Balaban J connectivity index is 2.66. The van der Waals surface area contributed by atoms with Crippen molar-refractivity contribution < 1.29 is 4.79 Å². The molecule has 0 saturated carbocycles. The minimum Gasteiger partial charge on any atom is -0.370 e. The van der Waals surface area contributed by atoms with Gasteiger partial charge in [0.05, 0.1) is 5.56 Å². The van der Waals surface area contributed by atoms with Crippen LogP contribution in [0.1, 0.15) is 44.5 Å². The summed E-state index contributed by atoms with van der Waals surface area (Å²) in [6.07, 6.45) is 2.55. The standard InChI is InChI=1S/C14H23N3O/c1-5-12(10(3)4)17-14(18)11-7-8-13(15-6-2)16-9-11/h7-10,12H,5-6H2,1-4H3,(H,15,16)(H,17,18). The lowest BCUT2D eigenvalue weighted by Crippen LogP contribution is -2.38. The Morgan fingerprint density at radius 2 is 2.06 bits per heavy atom. The van der Waals surface area contributed by atoms with E-state index in [4.69, 9.17) is 0 Å². The molecule has 0 bridgehead atoms. The van der Waals surface area contributed by atoms with Crippen LogP contribution in [0.3, 0.4) is 0 Å². The monoisotopic (exact) mass is 249 g/mol. The van der Waals surface area contributed by atoms with Gasteiger partial charge in [-0.3, -0.25) is 4.79 Å². The van der Waals surface area contributed by atoms with Crippen molar-refractivity contribution in [2.75, 3.05) is 11.9 Å². The van der Waals surface area contributed by atoms with Gasteiger partial charge in [0.15, 0.2) is 0 Å². The molecule has 100 valence electrons. The van der Waals surface area contributed by atoms with Gasteiger partial charge in [-0.2, -0.15) is 0 Å². The summed E-state index contributed by atoms with van der Waals surface area (Å²) in [5, 5.41) is 6.14. The number of rotatable bonds is 6. The zero-order valence-electron chi connectivity index (χ0n) is 11.7. The van der Waals surface area contributed by atoms with Gasteiger partial charge >= 0.3 is 0 Å². The van der Waals surface area contributed by atoms with Crippen LogP contribution >= 0.6 is 0 Å². The van der Waals surface area contributed by atoms with Crippen LogP contribution in [-0.4, -0.2) is 23.5 Å². The van der Waals surface area contributed by atoms with Gasteiger partial charge in [0, 0.05) is 18.8 Å². The molecule has 0 saturated heterocycles. The second kappa shape index (κ2) is 6.99. The summed E-state index contributed by atoms with van der Waals surface area (Å²) in [4.78, 5) is 16.2. The van der Waals surface area contributed by atoms with E-state index in [0.29, 0.717) is 11.5 Å². The van der Waals surface area contributed by atoms with Crippen molar-refractivity contribution in [2.45, 2.75) is 40.2 Å². The van der Waals surface area contributed by atoms with Gasteiger partial charge in [-0.05, 0) is 31.4 Å². The second-order valence-electron chi connectivity index (χ2n) is 4.69. The van der Waals surface area contributed by atoms with Crippen LogP contribution in [0.2, 0.25) is 0 Å². The number of carbonyl (C=O) groups is 1. The van der Waals surface area contributed by atoms with E-state index < -0.39 is 0 Å². The first-order valence-corrected chi connectivity index (χ1v) is 6.59. The largest absolute Gasteiger partial charge is 0.370 e. The quantitative estimate of drug-likeness (QED) is 0.815. The molecule has 4 heteroatoms. The summed E-state index contributed by atoms with van der Waals surface area (Å²) in [5.41, 5.74) is 0.607. The van der Waals surface area contributed by atoms with E-state index in [0.717, 1.165) is 18.8 Å². The van der Waals surface area contributed by atoms with Gasteiger partial charge in [-0.1, -0.05) is 20.8 Å². The van der Waals surface area contributed by atoms with Crippen molar-refractivity contribution in [3.8, 4) is 0 Å². The molecule has 2 N–H and O–H groups in total. The van der Waals surface area contributed by atoms with Gasteiger partial charge in [0.1, 0.15) is 5.82 Å². The summed E-state index contributed by atoms with van der Waals surface area (Å²) in [6, 6.07) is 3.84. The van der Waals surface area contributed by atoms with Crippen molar-refractivity contribution in [1.82, 2.24) is 10.3 Å². The molecule has 0 spiro atoms. The SMILES string of the molecule is CCNc1ccc(C(=O)NC(CC)C(C)C)cn1. The third-order valence-electron chi connectivity index (χ3n) is 2.94. The highest BCUT2D eigenvalue weighted by atomic mass is 16.1. The number of anilines is 1. The number of aromatic nitrogens is 1. The number of amides is 1. The maximum absolute atomic E-state index is 12.0. The summed E-state index contributed by atoms with van der Waals surface area (Å²) >= 11 is 0. The number of hydrogen-bond donors (Lipinski definition) is 2. The summed E-state index contributed by atoms with van der Waals surface area (Å²) in [6.45, 7) is 9.14. The molecule has 0 aliphatic rings. The average Bonchev–Trinajstić information content (AvgIpc) is 2.36. The van der Waals surface area contributed by atoms with Crippen molar-refractivity contribution in [2.24, 2.45) is 5.92 Å². The highest BCUT2D eigenvalue weighted by Gasteiger charge is 2.15. The van der Waals surface area contributed by atoms with Crippen LogP contribution in [0.25, 0.3) is 0 Å². The van der Waals surface area contributed by atoms with Crippen LogP contribution in [0, 0.1) is 5.92 Å². The van der Waals surface area contributed by atoms with E-state index in [-0.39, 0.29) is 11.9 Å². The van der Waals surface area contributed by atoms with Crippen LogP contribution in [0.4, 0.5) is 5.82 Å². The molecule has 1 aromatic heterocycles. The molecule has 1 heterocycles. The Morgan fingerprint density at radius 1 is 1.33 bits per heavy atom. The molecular formula is C14H23N3O. The predicted molar refractivity (Wildman–Crippen MR) is 74.8 cm³/mol.